The number of likely N-dealkylation sites (N-methyl/N-ethyl adjacent to an activating group) is 4. The second-order valence-electron chi connectivity index (χ2n) is 31.8. The van der Waals surface area contributed by atoms with Crippen molar-refractivity contribution in [2.24, 2.45) is 17.8 Å². The SMILES string of the molecule is CC(CC(=O)c1cnc(N2CCN(C)C(C)C2)o1)Cc1c[nH]c2ccccc12.CC(CC(=O)c1nc(N2CCN(C)C(C)C2)n[nH]1)Cc1c[nH]c2ccccc12.CC(CC(=O)c1nnc(N2CCN(C)C(C)C2)s1)Cc1c[nH]c2ccccc12.CC(Cc1c[nH]c2ccccc12)NC(=O)c1cnc(N2CCN(C)C(C)C2)o1. The van der Waals surface area contributed by atoms with Crippen molar-refractivity contribution in [1.29, 1.82) is 0 Å². The Balaban J connectivity index is 0.000000131. The number of hydrogen-bond acceptors (Lipinski definition) is 21. The van der Waals surface area contributed by atoms with Gasteiger partial charge >= 0.3 is 0 Å². The predicted molar refractivity (Wildman–Crippen MR) is 446 cm³/mol. The number of oxazole rings is 2. The Labute approximate surface area is 659 Å². The maximum Gasteiger partial charge on any atom is 0.298 e. The van der Waals surface area contributed by atoms with Crippen LogP contribution in [0.4, 0.5) is 23.1 Å². The summed E-state index contributed by atoms with van der Waals surface area (Å²) in [5.74, 6) is 2.24. The number of aromatic nitrogens is 11. The van der Waals surface area contributed by atoms with E-state index in [1.165, 1.54) is 61.3 Å². The average Bonchev–Trinajstić information content (AvgIpc) is 1.71. The topological polar surface area (TPSA) is 289 Å². The van der Waals surface area contributed by atoms with Gasteiger partial charge in [0.1, 0.15) is 0 Å². The van der Waals surface area contributed by atoms with Gasteiger partial charge in [0.2, 0.25) is 16.8 Å². The Morgan fingerprint density at radius 2 is 0.839 bits per heavy atom. The largest absolute Gasteiger partial charge is 0.420 e. The van der Waals surface area contributed by atoms with Gasteiger partial charge in [0.05, 0.1) is 12.4 Å². The number of anilines is 4. The van der Waals surface area contributed by atoms with Crippen LogP contribution < -0.4 is 24.9 Å². The first-order chi connectivity index (χ1) is 54.0. The highest BCUT2D eigenvalue weighted by molar-refractivity contribution is 7.17. The smallest absolute Gasteiger partial charge is 0.298 e. The third-order valence-corrected chi connectivity index (χ3v) is 23.7. The van der Waals surface area contributed by atoms with Crippen LogP contribution in [0.25, 0.3) is 43.6 Å². The molecular weight excluding hydrogens is 1430 g/mol. The molecule has 0 saturated carbocycles. The molecule has 4 fully saturated rings. The summed E-state index contributed by atoms with van der Waals surface area (Å²) in [6, 6.07) is 35.9. The minimum atomic E-state index is -0.228. The number of hydrogen-bond donors (Lipinski definition) is 6. The van der Waals surface area contributed by atoms with Gasteiger partial charge in [-0.1, -0.05) is 105 Å². The lowest BCUT2D eigenvalue weighted by Gasteiger charge is -2.37. The van der Waals surface area contributed by atoms with E-state index in [-0.39, 0.29) is 52.8 Å². The molecule has 0 bridgehead atoms. The zero-order valence-electron chi connectivity index (χ0n) is 66.9. The molecule has 26 nitrogen and oxygen atoms in total. The van der Waals surface area contributed by atoms with Gasteiger partial charge in [-0.25, -0.2) is 9.97 Å². The lowest BCUT2D eigenvalue weighted by molar-refractivity contribution is 0.0909. The first kappa shape index (κ1) is 79.8. The first-order valence-electron chi connectivity index (χ1n) is 39.6. The Bertz CT molecular complexity index is 4480. The number of nitrogens with one attached hydrogen (secondary N) is 6. The minimum absolute atomic E-state index is 0.0215. The third-order valence-electron chi connectivity index (χ3n) is 22.7. The highest BCUT2D eigenvalue weighted by Crippen LogP contribution is 2.31. The Hall–Kier alpha value is -10.3. The molecule has 12 heterocycles. The van der Waals surface area contributed by atoms with E-state index in [0.717, 1.165) is 131 Å². The number of carbonyl (C=O) groups is 4. The van der Waals surface area contributed by atoms with Gasteiger partial charge in [-0.15, -0.1) is 15.3 Å². The van der Waals surface area contributed by atoms with Crippen LogP contribution in [0.15, 0.2) is 143 Å². The molecule has 4 aliphatic rings. The molecule has 4 saturated heterocycles. The molecule has 8 atom stereocenters. The molecule has 8 aromatic heterocycles. The van der Waals surface area contributed by atoms with Crippen molar-refractivity contribution in [3.8, 4) is 0 Å². The fourth-order valence-electron chi connectivity index (χ4n) is 15.4. The second kappa shape index (κ2) is 36.4. The number of para-hydroxylation sites is 4. The van der Waals surface area contributed by atoms with E-state index in [9.17, 15) is 19.2 Å². The molecule has 8 unspecified atom stereocenters. The monoisotopic (exact) mass is 1540 g/mol. The van der Waals surface area contributed by atoms with Gasteiger partial charge < -0.3 is 73.3 Å². The second-order valence-corrected chi connectivity index (χ2v) is 32.8. The van der Waals surface area contributed by atoms with Crippen LogP contribution >= 0.6 is 11.3 Å². The summed E-state index contributed by atoms with van der Waals surface area (Å²) in [4.78, 5) is 94.9. The molecule has 4 aromatic carbocycles. The number of piperazine rings is 4. The number of fused-ring (bicyclic) bond motifs is 4. The molecular formula is C85H110N20O6S. The molecule has 592 valence electrons. The lowest BCUT2D eigenvalue weighted by atomic mass is 9.95. The molecule has 0 spiro atoms. The maximum atomic E-state index is 12.7. The Kier molecular flexibility index (Phi) is 26.0. The van der Waals surface area contributed by atoms with Crippen LogP contribution in [0, 0.1) is 17.8 Å². The van der Waals surface area contributed by atoms with Crippen molar-refractivity contribution in [3.05, 3.63) is 179 Å². The summed E-state index contributed by atoms with van der Waals surface area (Å²) >= 11 is 1.43. The summed E-state index contributed by atoms with van der Waals surface area (Å²) < 4.78 is 11.6. The summed E-state index contributed by atoms with van der Waals surface area (Å²) in [5.41, 5.74) is 9.48. The highest BCUT2D eigenvalue weighted by atomic mass is 32.1. The van der Waals surface area contributed by atoms with Gasteiger partial charge in [0, 0.05) is 196 Å². The number of benzene rings is 4. The molecule has 0 aliphatic carbocycles. The molecule has 6 N–H and O–H groups in total. The van der Waals surface area contributed by atoms with Crippen LogP contribution in [0.1, 0.15) is 138 Å². The number of ketones is 3. The van der Waals surface area contributed by atoms with Crippen LogP contribution in [-0.2, 0) is 25.7 Å². The zero-order chi connectivity index (χ0) is 78.7. The van der Waals surface area contributed by atoms with Crippen molar-refractivity contribution in [2.45, 2.75) is 131 Å². The number of nitrogens with zero attached hydrogens (tertiary/aromatic N) is 14. The van der Waals surface area contributed by atoms with E-state index in [4.69, 9.17) is 8.83 Å². The third kappa shape index (κ3) is 19.8. The normalized spacial score (nSPS) is 19.2. The molecule has 27 heteroatoms. The van der Waals surface area contributed by atoms with Crippen molar-refractivity contribution in [1.82, 2.24) is 80.2 Å². The van der Waals surface area contributed by atoms with Gasteiger partial charge in [0.15, 0.2) is 33.9 Å². The van der Waals surface area contributed by atoms with Crippen LogP contribution in [0.2, 0.25) is 0 Å². The predicted octanol–water partition coefficient (Wildman–Crippen LogP) is 12.9. The van der Waals surface area contributed by atoms with Gasteiger partial charge in [-0.05, 0) is 153 Å². The number of aromatic amines is 5. The molecule has 16 rings (SSSR count). The van der Waals surface area contributed by atoms with Crippen LogP contribution in [-0.4, -0.2) is 235 Å². The quantitative estimate of drug-likeness (QED) is 0.0324. The van der Waals surface area contributed by atoms with E-state index in [1.807, 2.05) is 68.0 Å². The molecule has 1 amide bonds. The van der Waals surface area contributed by atoms with E-state index in [0.29, 0.717) is 78.0 Å². The molecule has 0 radical (unpaired) electrons. The van der Waals surface area contributed by atoms with Gasteiger partial charge in [-0.3, -0.25) is 24.3 Å². The zero-order valence-corrected chi connectivity index (χ0v) is 67.7. The van der Waals surface area contributed by atoms with E-state index in [2.05, 4.69) is 237 Å². The fourth-order valence-corrected chi connectivity index (χ4v) is 16.2. The van der Waals surface area contributed by atoms with Gasteiger partial charge in [-0.2, -0.15) is 4.98 Å². The Morgan fingerprint density at radius 3 is 1.29 bits per heavy atom. The number of H-pyrrole nitrogens is 5. The fraction of sp³-hybridized carbons (Fsp3) is 0.459. The molecule has 12 aromatic rings. The summed E-state index contributed by atoms with van der Waals surface area (Å²) in [6.45, 7) is 28.0. The number of carbonyl (C=O) groups excluding carboxylic acids is 4. The lowest BCUT2D eigenvalue weighted by Crippen LogP contribution is -2.50. The van der Waals surface area contributed by atoms with Crippen molar-refractivity contribution >= 4 is 101 Å². The van der Waals surface area contributed by atoms with Crippen LogP contribution in [0.5, 0.6) is 0 Å². The average molecular weight is 1540 g/mol. The van der Waals surface area contributed by atoms with E-state index < -0.39 is 0 Å². The molecule has 112 heavy (non-hydrogen) atoms. The number of amides is 1. The summed E-state index contributed by atoms with van der Waals surface area (Å²) in [5, 5.41) is 24.9. The highest BCUT2D eigenvalue weighted by Gasteiger charge is 2.31. The van der Waals surface area contributed by atoms with E-state index >= 15 is 0 Å². The van der Waals surface area contributed by atoms with E-state index in [1.54, 1.807) is 6.20 Å². The Morgan fingerprint density at radius 1 is 0.464 bits per heavy atom. The summed E-state index contributed by atoms with van der Waals surface area (Å²) in [7, 11) is 8.52. The van der Waals surface area contributed by atoms with Crippen LogP contribution in [0.3, 0.4) is 0 Å². The van der Waals surface area contributed by atoms with Crippen molar-refractivity contribution in [3.63, 3.8) is 0 Å². The minimum Gasteiger partial charge on any atom is -0.420 e. The number of rotatable bonds is 23. The standard InChI is InChI=1S/C22H28N4O2.C21H28N6O.C21H27N5O2.C21H27N5OS/c1-15(10-17-12-23-19-7-5-4-6-18(17)19)11-20(27)21-13-24-22(28-21)26-9-8-25(3)16(2)14-26;1-14(10-16-12-22-18-7-5-4-6-17(16)18)11-19(28)20-23-21(25-24-20)27-9-8-26(3)15(2)13-27;1-14(10-16-11-22-18-7-5-4-6-17(16)18)24-20(27)19-12-23-21(28-19)26-9-8-25(3)15(2)13-26;1-14(10-16-12-22-18-7-5-4-6-17(16)18)11-19(27)20-23-24-21(28-20)26-9-8-25(3)15(2)13-26/h4-7,12-13,15-16,23H,8-11,14H2,1-3H3;4-7,12,14-15,22H,8-11,13H2,1-3H3,(H,23,24,25);4-7,11-12,14-15,22H,8-10,13H2,1-3H3,(H,24,27);4-7,12,14-15,22H,8-11,13H2,1-3H3. The van der Waals surface area contributed by atoms with Gasteiger partial charge in [0.25, 0.3) is 17.9 Å². The maximum absolute atomic E-state index is 12.7. The van der Waals surface area contributed by atoms with Crippen molar-refractivity contribution in [2.75, 3.05) is 126 Å². The van der Waals surface area contributed by atoms with Crippen molar-refractivity contribution < 1.29 is 28.0 Å². The number of Topliss-reactive ketones (excluding diaryl/α,β-unsaturated/α-hetero) is 3. The summed E-state index contributed by atoms with van der Waals surface area (Å²) in [6.07, 6.45) is 16.0. The molecule has 4 aliphatic heterocycles. The first-order valence-corrected chi connectivity index (χ1v) is 40.4.